The summed E-state index contributed by atoms with van der Waals surface area (Å²) < 4.78 is 18.5. The van der Waals surface area contributed by atoms with E-state index < -0.39 is 0 Å². The summed E-state index contributed by atoms with van der Waals surface area (Å²) in [6.45, 7) is 0.345. The number of hydrogen-bond donors (Lipinski definition) is 2. The molecule has 0 aliphatic heterocycles. The monoisotopic (exact) mass is 256 g/mol. The fourth-order valence-electron chi connectivity index (χ4n) is 2.03. The lowest BCUT2D eigenvalue weighted by Gasteiger charge is -2.04. The summed E-state index contributed by atoms with van der Waals surface area (Å²) in [5.74, 6) is 0.199. The lowest BCUT2D eigenvalue weighted by Crippen LogP contribution is -1.95. The molecular weight excluding hydrogens is 243 g/mol. The minimum Gasteiger partial charge on any atom is -0.487 e. The molecule has 0 atom stereocenters. The lowest BCUT2D eigenvalue weighted by atomic mass is 10.2. The van der Waals surface area contributed by atoms with Crippen LogP contribution in [-0.2, 0) is 6.61 Å². The number of fused-ring (bicyclic) bond motifs is 1. The van der Waals surface area contributed by atoms with Gasteiger partial charge < -0.3 is 15.5 Å². The first-order valence-electron chi connectivity index (χ1n) is 5.97. The minimum atomic E-state index is -0.307. The molecule has 1 aromatic heterocycles. The number of anilines is 1. The first-order valence-corrected chi connectivity index (χ1v) is 5.97. The van der Waals surface area contributed by atoms with Crippen molar-refractivity contribution in [2.24, 2.45) is 0 Å². The van der Waals surface area contributed by atoms with Crippen molar-refractivity contribution in [1.29, 1.82) is 0 Å². The molecule has 1 heterocycles. The van der Waals surface area contributed by atoms with E-state index >= 15 is 0 Å². The predicted molar refractivity (Wildman–Crippen MR) is 73.4 cm³/mol. The largest absolute Gasteiger partial charge is 0.487 e. The van der Waals surface area contributed by atoms with Crippen LogP contribution in [0.15, 0.2) is 48.5 Å². The number of ether oxygens (including phenoxy) is 1. The normalized spacial score (nSPS) is 10.8. The van der Waals surface area contributed by atoms with Gasteiger partial charge in [-0.2, -0.15) is 0 Å². The number of hydrogen-bond acceptors (Lipinski definition) is 2. The molecule has 0 fully saturated rings. The molecule has 4 heteroatoms. The van der Waals surface area contributed by atoms with Crippen LogP contribution in [-0.4, -0.2) is 4.98 Å². The molecule has 3 aromatic rings. The van der Waals surface area contributed by atoms with Crippen LogP contribution in [0.2, 0.25) is 0 Å². The second-order valence-electron chi connectivity index (χ2n) is 4.35. The highest BCUT2D eigenvalue weighted by Crippen LogP contribution is 2.22. The Hall–Kier alpha value is -2.49. The Morgan fingerprint density at radius 3 is 2.74 bits per heavy atom. The number of nitrogens with two attached hydrogens (primary N) is 1. The van der Waals surface area contributed by atoms with Gasteiger partial charge in [0, 0.05) is 11.5 Å². The van der Waals surface area contributed by atoms with Crippen molar-refractivity contribution in [1.82, 2.24) is 4.98 Å². The summed E-state index contributed by atoms with van der Waals surface area (Å²) in [5, 5.41) is 1.04. The van der Waals surface area contributed by atoms with Crippen LogP contribution >= 0.6 is 0 Å². The van der Waals surface area contributed by atoms with Gasteiger partial charge in [0.05, 0.1) is 16.9 Å². The quantitative estimate of drug-likeness (QED) is 0.705. The zero-order valence-corrected chi connectivity index (χ0v) is 10.2. The van der Waals surface area contributed by atoms with Gasteiger partial charge in [0.25, 0.3) is 0 Å². The third kappa shape index (κ3) is 2.38. The van der Waals surface area contributed by atoms with E-state index in [-0.39, 0.29) is 5.82 Å². The molecule has 2 aromatic carbocycles. The third-order valence-corrected chi connectivity index (χ3v) is 2.93. The molecule has 0 saturated carbocycles. The Morgan fingerprint density at radius 1 is 1.11 bits per heavy atom. The minimum absolute atomic E-state index is 0.307. The molecule has 0 bridgehead atoms. The summed E-state index contributed by atoms with van der Waals surface area (Å²) in [7, 11) is 0. The lowest BCUT2D eigenvalue weighted by molar-refractivity contribution is 0.301. The molecule has 0 aliphatic carbocycles. The number of halogens is 1. The molecule has 0 radical (unpaired) electrons. The second kappa shape index (κ2) is 4.65. The Bertz CT molecular complexity index is 721. The van der Waals surface area contributed by atoms with Gasteiger partial charge in [-0.05, 0) is 24.3 Å². The van der Waals surface area contributed by atoms with Crippen molar-refractivity contribution in [2.45, 2.75) is 6.61 Å². The fourth-order valence-corrected chi connectivity index (χ4v) is 2.03. The Labute approximate surface area is 109 Å². The molecule has 3 rings (SSSR count). The Morgan fingerprint density at radius 2 is 1.95 bits per heavy atom. The van der Waals surface area contributed by atoms with E-state index in [1.54, 1.807) is 12.1 Å². The summed E-state index contributed by atoms with van der Waals surface area (Å²) >= 11 is 0. The standard InChI is InChI=1S/C15H13FN2O/c16-11-4-2-5-13(8-11)19-9-12-7-10-3-1-6-14(17)15(10)18-12/h1-8,18H,9,17H2. The Kier molecular flexibility index (Phi) is 2.83. The number of nitrogen functional groups attached to an aromatic ring is 1. The Balaban J connectivity index is 1.80. The van der Waals surface area contributed by atoms with Crippen molar-refractivity contribution in [3.63, 3.8) is 0 Å². The van der Waals surface area contributed by atoms with E-state index in [4.69, 9.17) is 10.5 Å². The van der Waals surface area contributed by atoms with Gasteiger partial charge in [0.15, 0.2) is 0 Å². The van der Waals surface area contributed by atoms with E-state index in [1.807, 2.05) is 24.3 Å². The van der Waals surface area contributed by atoms with E-state index in [1.165, 1.54) is 12.1 Å². The predicted octanol–water partition coefficient (Wildman–Crippen LogP) is 3.47. The number of H-pyrrole nitrogens is 1. The molecule has 3 nitrogen and oxygen atoms in total. The number of aromatic amines is 1. The second-order valence-corrected chi connectivity index (χ2v) is 4.35. The van der Waals surface area contributed by atoms with Gasteiger partial charge in [-0.3, -0.25) is 0 Å². The van der Waals surface area contributed by atoms with Gasteiger partial charge >= 0.3 is 0 Å². The summed E-state index contributed by atoms with van der Waals surface area (Å²) in [4.78, 5) is 3.20. The smallest absolute Gasteiger partial charge is 0.128 e. The van der Waals surface area contributed by atoms with Crippen molar-refractivity contribution >= 4 is 16.6 Å². The van der Waals surface area contributed by atoms with E-state index in [0.29, 0.717) is 18.0 Å². The highest BCUT2D eigenvalue weighted by molar-refractivity contribution is 5.90. The van der Waals surface area contributed by atoms with Gasteiger partial charge in [-0.1, -0.05) is 18.2 Å². The van der Waals surface area contributed by atoms with Crippen LogP contribution in [0.25, 0.3) is 10.9 Å². The van der Waals surface area contributed by atoms with Crippen LogP contribution in [0.5, 0.6) is 5.75 Å². The van der Waals surface area contributed by atoms with Crippen molar-refractivity contribution in [3.05, 3.63) is 60.0 Å². The zero-order valence-electron chi connectivity index (χ0n) is 10.2. The maximum absolute atomic E-state index is 13.0. The highest BCUT2D eigenvalue weighted by atomic mass is 19.1. The van der Waals surface area contributed by atoms with Crippen LogP contribution in [0.4, 0.5) is 10.1 Å². The first kappa shape index (κ1) is 11.6. The van der Waals surface area contributed by atoms with Crippen LogP contribution in [0, 0.1) is 5.82 Å². The third-order valence-electron chi connectivity index (χ3n) is 2.93. The molecule has 0 aliphatic rings. The SMILES string of the molecule is Nc1cccc2cc(COc3cccc(F)c3)[nH]c12. The summed E-state index contributed by atoms with van der Waals surface area (Å²) in [5.41, 5.74) is 8.38. The number of benzene rings is 2. The number of nitrogens with one attached hydrogen (secondary N) is 1. The van der Waals surface area contributed by atoms with Crippen LogP contribution < -0.4 is 10.5 Å². The zero-order chi connectivity index (χ0) is 13.2. The number of para-hydroxylation sites is 1. The van der Waals surface area contributed by atoms with Crippen molar-refractivity contribution < 1.29 is 9.13 Å². The number of rotatable bonds is 3. The fraction of sp³-hybridized carbons (Fsp3) is 0.0667. The number of aromatic nitrogens is 1. The molecule has 3 N–H and O–H groups in total. The maximum Gasteiger partial charge on any atom is 0.128 e. The first-order chi connectivity index (χ1) is 9.22. The molecule has 96 valence electrons. The van der Waals surface area contributed by atoms with Crippen molar-refractivity contribution in [2.75, 3.05) is 5.73 Å². The van der Waals surface area contributed by atoms with E-state index in [2.05, 4.69) is 4.98 Å². The molecule has 0 spiro atoms. The van der Waals surface area contributed by atoms with Crippen LogP contribution in [0.1, 0.15) is 5.69 Å². The molecule has 0 saturated heterocycles. The topological polar surface area (TPSA) is 51.0 Å². The van der Waals surface area contributed by atoms with Gasteiger partial charge in [0.1, 0.15) is 18.2 Å². The highest BCUT2D eigenvalue weighted by Gasteiger charge is 2.04. The molecular formula is C15H13FN2O. The van der Waals surface area contributed by atoms with Crippen molar-refractivity contribution in [3.8, 4) is 5.75 Å². The summed E-state index contributed by atoms with van der Waals surface area (Å²) in [6, 6.07) is 13.8. The average Bonchev–Trinajstić information content (AvgIpc) is 2.81. The van der Waals surface area contributed by atoms with E-state index in [9.17, 15) is 4.39 Å². The van der Waals surface area contributed by atoms with Gasteiger partial charge in [-0.15, -0.1) is 0 Å². The average molecular weight is 256 g/mol. The van der Waals surface area contributed by atoms with Gasteiger partial charge in [-0.25, -0.2) is 4.39 Å². The summed E-state index contributed by atoms with van der Waals surface area (Å²) in [6.07, 6.45) is 0. The van der Waals surface area contributed by atoms with Crippen LogP contribution in [0.3, 0.4) is 0 Å². The maximum atomic E-state index is 13.0. The molecule has 19 heavy (non-hydrogen) atoms. The van der Waals surface area contributed by atoms with E-state index in [0.717, 1.165) is 16.6 Å². The van der Waals surface area contributed by atoms with Gasteiger partial charge in [0.2, 0.25) is 0 Å². The molecule has 0 amide bonds. The molecule has 0 unspecified atom stereocenters.